The van der Waals surface area contributed by atoms with Crippen molar-refractivity contribution >= 4 is 182 Å². The van der Waals surface area contributed by atoms with Crippen molar-refractivity contribution in [3.8, 4) is 6.07 Å². The van der Waals surface area contributed by atoms with Crippen molar-refractivity contribution in [2.24, 2.45) is 0 Å². The Labute approximate surface area is 805 Å². The largest absolute Gasteiger partial charge is 0.453 e. The molecule has 5 unspecified atom stereocenters. The van der Waals surface area contributed by atoms with E-state index in [-0.39, 0.29) is 60.4 Å². The number of fused-ring (bicyclic) bond motifs is 15. The lowest BCUT2D eigenvalue weighted by Crippen LogP contribution is -2.41. The second-order valence-electron chi connectivity index (χ2n) is 32.5. The van der Waals surface area contributed by atoms with Gasteiger partial charge < -0.3 is 48.6 Å². The molecule has 0 aliphatic carbocycles. The Kier molecular flexibility index (Phi) is 29.4. The highest BCUT2D eigenvalue weighted by Gasteiger charge is 2.42. The summed E-state index contributed by atoms with van der Waals surface area (Å²) in [6.07, 6.45) is 4.40. The number of carbonyl (C=O) groups is 5. The summed E-state index contributed by atoms with van der Waals surface area (Å²) in [5, 5.41) is 19.3. The van der Waals surface area contributed by atoms with Gasteiger partial charge in [0.1, 0.15) is 36.0 Å². The van der Waals surface area contributed by atoms with Crippen LogP contribution in [0.2, 0.25) is 35.2 Å². The fourth-order valence-corrected chi connectivity index (χ4v) is 20.1. The number of nitrogens with one attached hydrogen (secondary N) is 5. The second-order valence-corrected chi connectivity index (χ2v) is 36.5. The van der Waals surface area contributed by atoms with Gasteiger partial charge in [-0.3, -0.25) is 24.5 Å². The summed E-state index contributed by atoms with van der Waals surface area (Å²) in [4.78, 5) is 89.1. The van der Waals surface area contributed by atoms with E-state index in [9.17, 15) is 28.4 Å². The molecule has 30 heteroatoms. The topological polar surface area (TPSA) is 250 Å². The van der Waals surface area contributed by atoms with Crippen LogP contribution in [0.4, 0.5) is 28.4 Å². The normalized spacial score (nSPS) is 16.4. The van der Waals surface area contributed by atoms with Crippen LogP contribution in [0.5, 0.6) is 0 Å². The summed E-state index contributed by atoms with van der Waals surface area (Å²) < 4.78 is 40.6. The molecule has 10 aromatic carbocycles. The maximum atomic E-state index is 13.4. The van der Waals surface area contributed by atoms with Crippen LogP contribution >= 0.6 is 97.1 Å². The minimum absolute atomic E-state index is 0.221. The summed E-state index contributed by atoms with van der Waals surface area (Å²) in [5.41, 5.74) is 21.2. The molecule has 5 aliphatic heterocycles. The van der Waals surface area contributed by atoms with Crippen molar-refractivity contribution in [2.75, 3.05) is 66.8 Å². The Balaban J connectivity index is 0.000000120. The van der Waals surface area contributed by atoms with Crippen LogP contribution in [0.3, 0.4) is 0 Å². The van der Waals surface area contributed by atoms with Gasteiger partial charge in [0, 0.05) is 155 Å². The highest BCUT2D eigenvalue weighted by Crippen LogP contribution is 2.47. The van der Waals surface area contributed by atoms with Gasteiger partial charge in [0.2, 0.25) is 0 Å². The molecule has 0 fully saturated rings. The molecule has 678 valence electrons. The fraction of sp³-hybridized carbons (Fsp3) is 0.255. The van der Waals surface area contributed by atoms with Gasteiger partial charge in [0.15, 0.2) is 0 Å². The first-order valence-corrected chi connectivity index (χ1v) is 46.9. The summed E-state index contributed by atoms with van der Waals surface area (Å²) in [5.74, 6) is -0.312. The third-order valence-electron chi connectivity index (χ3n) is 24.3. The molecule has 0 bridgehead atoms. The molecule has 21 nitrogen and oxygen atoms in total. The lowest BCUT2D eigenvalue weighted by atomic mass is 9.92. The molecular formula is C102H92BrCl7FN11O10. The number of H-pyrrole nitrogens is 5. The minimum atomic E-state index is -0.406. The first-order valence-electron chi connectivity index (χ1n) is 43.5. The molecular weight excluding hydrogens is 1890 g/mol. The number of ether oxygens (including phenoxy) is 5. The summed E-state index contributed by atoms with van der Waals surface area (Å²) in [7, 11) is 2.77. The van der Waals surface area contributed by atoms with E-state index in [2.05, 4.69) is 53.0 Å². The van der Waals surface area contributed by atoms with E-state index in [4.69, 9.17) is 110 Å². The van der Waals surface area contributed by atoms with Crippen LogP contribution in [0.1, 0.15) is 160 Å². The predicted octanol–water partition coefficient (Wildman–Crippen LogP) is 27.1. The minimum Gasteiger partial charge on any atom is -0.453 e. The van der Waals surface area contributed by atoms with Crippen molar-refractivity contribution in [1.82, 2.24) is 49.4 Å². The van der Waals surface area contributed by atoms with Gasteiger partial charge in [0.05, 0.1) is 45.7 Å². The Bertz CT molecular complexity index is 6540. The standard InChI is InChI=1S/C22H20ClN3O2.C21H20BrClN2O2.C21H20Cl2N2O2.C19H16Cl2N2O2.C19H16ClFN2O2/c1-2-11-28-22(27)26-10-9-17-18-12-16(23)7-8-19(18)25-20(17)21(26)15-5-3-14(13-24)4-6-15;2*1-2-10-27-21(26)25-9-8-16-17-12-15(23)6-7-18(17)24-19(16)20(25)13-4-3-5-14(22)11-13;1-25-19(24)23-9-8-14-15-10-13(21)6-7-16(15)22-17(14)18(23)11-2-4-12(20)5-3-11;1-25-19(24)23-9-8-14-15-10-12(20)4-7-16(15)22-17(14)18(23)11-2-5-13(21)6-3-11/h3-8,12,21,25H,2,9-11H2,1H3;2*3-7,11-12,20,24H,2,8-10H2,1H3;2*2-7,10,18,22H,8-9H2,1H3. The van der Waals surface area contributed by atoms with E-state index in [0.717, 1.165) is 166 Å². The molecule has 0 saturated heterocycles. The first-order chi connectivity index (χ1) is 63.9. The number of amides is 5. The van der Waals surface area contributed by atoms with E-state index in [1.54, 1.807) is 43.9 Å². The van der Waals surface area contributed by atoms with Crippen molar-refractivity contribution in [1.29, 1.82) is 5.26 Å². The predicted molar refractivity (Wildman–Crippen MR) is 522 cm³/mol. The molecule has 5 aliphatic rings. The number of rotatable bonds is 11. The Morgan fingerprint density at radius 3 is 0.902 bits per heavy atom. The second kappa shape index (κ2) is 41.5. The molecule has 5 N–H and O–H groups in total. The van der Waals surface area contributed by atoms with E-state index in [0.29, 0.717) is 99.7 Å². The number of methoxy groups -OCH3 is 2. The number of benzene rings is 10. The Morgan fingerprint density at radius 2 is 0.614 bits per heavy atom. The zero-order chi connectivity index (χ0) is 92.7. The number of halogens is 9. The Morgan fingerprint density at radius 1 is 0.348 bits per heavy atom. The molecule has 15 aromatic rings. The SMILES string of the molecule is CCCOC(=O)N1CCc2c([nH]c3ccc(Cl)cc23)C1c1ccc(C#N)cc1.CCCOC(=O)N1CCc2c([nH]c3ccc(Cl)cc23)C1c1cccc(Br)c1.CCCOC(=O)N1CCc2c([nH]c3ccc(Cl)cc23)C1c1cccc(Cl)c1.COC(=O)N1CCc2c([nH]c3ccc(Cl)cc23)C1c1ccc(Cl)cc1.COC(=O)N1CCc2c([nH]c3ccc(Cl)cc23)C1c1ccc(F)cc1. The summed E-state index contributed by atoms with van der Waals surface area (Å²) in [6.45, 7) is 10.0. The number of hydrogen-bond acceptors (Lipinski definition) is 11. The lowest BCUT2D eigenvalue weighted by Gasteiger charge is -2.35. The maximum Gasteiger partial charge on any atom is 0.410 e. The molecule has 10 heterocycles. The van der Waals surface area contributed by atoms with Crippen LogP contribution in [-0.2, 0) is 55.8 Å². The van der Waals surface area contributed by atoms with Gasteiger partial charge in [-0.1, -0.05) is 179 Å². The highest BCUT2D eigenvalue weighted by molar-refractivity contribution is 9.10. The van der Waals surface area contributed by atoms with Gasteiger partial charge in [0.25, 0.3) is 0 Å². The van der Waals surface area contributed by atoms with Gasteiger partial charge >= 0.3 is 30.5 Å². The molecule has 5 aromatic heterocycles. The zero-order valence-corrected chi connectivity index (χ0v) is 79.5. The maximum absolute atomic E-state index is 13.4. The fourth-order valence-electron chi connectivity index (χ4n) is 18.5. The molecule has 0 spiro atoms. The van der Waals surface area contributed by atoms with E-state index < -0.39 is 6.09 Å². The summed E-state index contributed by atoms with van der Waals surface area (Å²) >= 11 is 46.8. The van der Waals surface area contributed by atoms with Crippen LogP contribution < -0.4 is 0 Å². The Hall–Kier alpha value is -11.8. The quantitative estimate of drug-likeness (QED) is 0.0762. The smallest absolute Gasteiger partial charge is 0.410 e. The molecule has 20 rings (SSSR count). The zero-order valence-electron chi connectivity index (χ0n) is 72.6. The number of hydrogen-bond donors (Lipinski definition) is 5. The van der Waals surface area contributed by atoms with Gasteiger partial charge in [-0.15, -0.1) is 0 Å². The number of aromatic nitrogens is 5. The van der Waals surface area contributed by atoms with E-state index in [1.807, 2.05) is 196 Å². The van der Waals surface area contributed by atoms with Crippen molar-refractivity contribution < 1.29 is 52.0 Å². The van der Waals surface area contributed by atoms with Gasteiger partial charge in [-0.05, 0) is 259 Å². The van der Waals surface area contributed by atoms with Crippen molar-refractivity contribution in [2.45, 2.75) is 102 Å². The van der Waals surface area contributed by atoms with Crippen LogP contribution in [-0.4, -0.2) is 147 Å². The number of carbonyl (C=O) groups excluding carboxylic acids is 5. The summed E-state index contributed by atoms with van der Waals surface area (Å²) in [6, 6.07) is 66.5. The average molecular weight is 1980 g/mol. The molecule has 5 amide bonds. The average Bonchev–Trinajstić information content (AvgIpc) is 1.61. The number of aromatic amines is 5. The highest BCUT2D eigenvalue weighted by atomic mass is 79.9. The van der Waals surface area contributed by atoms with Gasteiger partial charge in [-0.2, -0.15) is 5.26 Å². The van der Waals surface area contributed by atoms with Crippen molar-refractivity contribution in [3.63, 3.8) is 0 Å². The van der Waals surface area contributed by atoms with Crippen LogP contribution in [0.25, 0.3) is 54.5 Å². The van der Waals surface area contributed by atoms with Gasteiger partial charge in [-0.25, -0.2) is 28.4 Å². The monoisotopic (exact) mass is 1970 g/mol. The third kappa shape index (κ3) is 19.8. The molecule has 132 heavy (non-hydrogen) atoms. The number of nitriles is 1. The van der Waals surface area contributed by atoms with Crippen LogP contribution in [0, 0.1) is 17.1 Å². The van der Waals surface area contributed by atoms with Crippen molar-refractivity contribution in [3.05, 3.63) is 347 Å². The van der Waals surface area contributed by atoms with E-state index >= 15 is 0 Å². The number of nitrogens with zero attached hydrogens (tertiary/aromatic N) is 6. The third-order valence-corrected chi connectivity index (χ3v) is 26.5. The van der Waals surface area contributed by atoms with Crippen LogP contribution in [0.15, 0.2) is 217 Å². The van der Waals surface area contributed by atoms with E-state index in [1.165, 1.54) is 48.6 Å². The molecule has 0 radical (unpaired) electrons. The molecule has 0 saturated carbocycles. The first kappa shape index (κ1) is 93.4. The lowest BCUT2D eigenvalue weighted by molar-refractivity contribution is 0.0882. The molecule has 5 atom stereocenters.